The van der Waals surface area contributed by atoms with Crippen molar-refractivity contribution in [2.45, 2.75) is 18.9 Å². The summed E-state index contributed by atoms with van der Waals surface area (Å²) in [6, 6.07) is 16.5. The molecule has 0 aliphatic carbocycles. The molecule has 3 N–H and O–H groups in total. The van der Waals surface area contributed by atoms with E-state index >= 15 is 0 Å². The van der Waals surface area contributed by atoms with Gasteiger partial charge in [-0.3, -0.25) is 4.79 Å². The fourth-order valence-corrected chi connectivity index (χ4v) is 2.38. The molecule has 2 aromatic carbocycles. The number of para-hydroxylation sites is 1. The number of imidazole rings is 1. The molecule has 1 atom stereocenters. The number of Topliss-reactive ketones (excluding diaryl/α,β-unsaturated/α-hetero) is 1. The third kappa shape index (κ3) is 6.19. The predicted octanol–water partition coefficient (Wildman–Crippen LogP) is 3.73. The Hall–Kier alpha value is -2.34. The molecule has 138 valence electrons. The maximum absolute atomic E-state index is 12.2. The van der Waals surface area contributed by atoms with Crippen LogP contribution in [0.3, 0.4) is 0 Å². The van der Waals surface area contributed by atoms with Gasteiger partial charge in [-0.25, -0.2) is 4.98 Å². The summed E-state index contributed by atoms with van der Waals surface area (Å²) in [7, 11) is 0. The van der Waals surface area contributed by atoms with E-state index in [1.807, 2.05) is 54.6 Å². The lowest BCUT2D eigenvalue weighted by Crippen LogP contribution is -2.34. The van der Waals surface area contributed by atoms with Gasteiger partial charge in [0.05, 0.1) is 12.4 Å². The van der Waals surface area contributed by atoms with E-state index in [9.17, 15) is 4.79 Å². The minimum absolute atomic E-state index is 0. The molecule has 0 aliphatic heterocycles. The van der Waals surface area contributed by atoms with Crippen LogP contribution >= 0.6 is 24.8 Å². The fraction of sp³-hybridized carbons (Fsp3) is 0.158. The Balaban J connectivity index is 0.00000169. The van der Waals surface area contributed by atoms with E-state index in [2.05, 4.69) is 9.97 Å². The highest BCUT2D eigenvalue weighted by Gasteiger charge is 2.15. The monoisotopic (exact) mass is 393 g/mol. The lowest BCUT2D eigenvalue weighted by Gasteiger charge is -2.10. The summed E-state index contributed by atoms with van der Waals surface area (Å²) in [6.07, 6.45) is 4.04. The zero-order chi connectivity index (χ0) is 16.8. The molecular weight excluding hydrogens is 373 g/mol. The van der Waals surface area contributed by atoms with Crippen molar-refractivity contribution in [2.24, 2.45) is 5.73 Å². The number of H-pyrrole nitrogens is 1. The van der Waals surface area contributed by atoms with Crippen LogP contribution in [0.15, 0.2) is 67.1 Å². The van der Waals surface area contributed by atoms with Gasteiger partial charge in [0.15, 0.2) is 5.78 Å². The van der Waals surface area contributed by atoms with Gasteiger partial charge in [0.1, 0.15) is 11.5 Å². The van der Waals surface area contributed by atoms with Crippen LogP contribution in [0, 0.1) is 0 Å². The number of benzene rings is 2. The number of hydrogen-bond donors (Lipinski definition) is 2. The first-order chi connectivity index (χ1) is 11.7. The molecule has 1 aromatic heterocycles. The van der Waals surface area contributed by atoms with Crippen molar-refractivity contribution in [3.63, 3.8) is 0 Å². The molecule has 0 saturated carbocycles. The molecule has 0 unspecified atom stereocenters. The topological polar surface area (TPSA) is 81.0 Å². The van der Waals surface area contributed by atoms with Crippen molar-refractivity contribution >= 4 is 30.6 Å². The van der Waals surface area contributed by atoms with Crippen molar-refractivity contribution < 1.29 is 9.53 Å². The number of carbonyl (C=O) groups is 1. The number of aromatic nitrogens is 2. The summed E-state index contributed by atoms with van der Waals surface area (Å²) < 4.78 is 5.74. The van der Waals surface area contributed by atoms with Gasteiger partial charge >= 0.3 is 0 Å². The first-order valence-electron chi connectivity index (χ1n) is 7.78. The van der Waals surface area contributed by atoms with Gasteiger partial charge in [-0.1, -0.05) is 30.3 Å². The van der Waals surface area contributed by atoms with Gasteiger partial charge in [-0.2, -0.15) is 0 Å². The number of nitrogens with one attached hydrogen (secondary N) is 1. The SMILES string of the molecule is Cl.Cl.N[C@@H](Cc1cnc[nH]1)C(=O)Cc1ccc(Oc2ccccc2)cc1. The number of rotatable bonds is 7. The van der Waals surface area contributed by atoms with Crippen molar-refractivity contribution in [3.05, 3.63) is 78.4 Å². The molecule has 0 fully saturated rings. The quantitative estimate of drug-likeness (QED) is 0.640. The van der Waals surface area contributed by atoms with E-state index < -0.39 is 6.04 Å². The zero-order valence-electron chi connectivity index (χ0n) is 14.0. The number of hydrogen-bond acceptors (Lipinski definition) is 4. The van der Waals surface area contributed by atoms with E-state index in [1.165, 1.54) is 0 Å². The van der Waals surface area contributed by atoms with Crippen LogP contribution in [0.2, 0.25) is 0 Å². The van der Waals surface area contributed by atoms with Crippen LogP contribution in [0.25, 0.3) is 0 Å². The van der Waals surface area contributed by atoms with E-state index in [0.717, 1.165) is 22.8 Å². The number of nitrogens with two attached hydrogens (primary N) is 1. The van der Waals surface area contributed by atoms with Crippen LogP contribution in [-0.4, -0.2) is 21.8 Å². The summed E-state index contributed by atoms with van der Waals surface area (Å²) in [4.78, 5) is 19.1. The normalized spacial score (nSPS) is 11.0. The smallest absolute Gasteiger partial charge is 0.154 e. The van der Waals surface area contributed by atoms with Gasteiger partial charge in [0, 0.05) is 24.7 Å². The summed E-state index contributed by atoms with van der Waals surface area (Å²) in [5.41, 5.74) is 7.75. The third-order valence-electron chi connectivity index (χ3n) is 3.69. The van der Waals surface area contributed by atoms with Crippen LogP contribution in [0.4, 0.5) is 0 Å². The van der Waals surface area contributed by atoms with E-state index in [-0.39, 0.29) is 30.6 Å². The number of carbonyl (C=O) groups excluding carboxylic acids is 1. The van der Waals surface area contributed by atoms with E-state index in [4.69, 9.17) is 10.5 Å². The van der Waals surface area contributed by atoms with E-state index in [0.29, 0.717) is 12.8 Å². The standard InChI is InChI=1S/C19H19N3O2.2ClH/c20-18(11-15-12-21-13-22-15)19(23)10-14-6-8-17(9-7-14)24-16-4-2-1-3-5-16;;/h1-9,12-13,18H,10-11,20H2,(H,21,22);2*1H/t18-;;/m0../s1. The summed E-state index contributed by atoms with van der Waals surface area (Å²) in [6.45, 7) is 0. The second-order valence-electron chi connectivity index (χ2n) is 5.59. The molecule has 0 amide bonds. The first kappa shape index (κ1) is 21.7. The molecule has 26 heavy (non-hydrogen) atoms. The summed E-state index contributed by atoms with van der Waals surface area (Å²) >= 11 is 0. The van der Waals surface area contributed by atoms with Crippen molar-refractivity contribution in [1.29, 1.82) is 0 Å². The molecule has 0 bridgehead atoms. The van der Waals surface area contributed by atoms with Gasteiger partial charge in [0.25, 0.3) is 0 Å². The molecule has 3 rings (SSSR count). The number of nitrogens with zero attached hydrogens (tertiary/aromatic N) is 1. The second-order valence-corrected chi connectivity index (χ2v) is 5.59. The molecular formula is C19H21Cl2N3O2. The Morgan fingerprint density at radius 3 is 2.31 bits per heavy atom. The highest BCUT2D eigenvalue weighted by Crippen LogP contribution is 2.21. The maximum Gasteiger partial charge on any atom is 0.154 e. The van der Waals surface area contributed by atoms with Crippen LogP contribution in [0.5, 0.6) is 11.5 Å². The molecule has 7 heteroatoms. The Bertz CT molecular complexity index is 778. The molecule has 5 nitrogen and oxygen atoms in total. The predicted molar refractivity (Wildman–Crippen MR) is 106 cm³/mol. The second kappa shape index (κ2) is 10.6. The summed E-state index contributed by atoms with van der Waals surface area (Å²) in [5, 5.41) is 0. The average Bonchev–Trinajstić information content (AvgIpc) is 3.10. The minimum atomic E-state index is -0.536. The first-order valence-corrected chi connectivity index (χ1v) is 7.78. The van der Waals surface area contributed by atoms with Crippen LogP contribution in [0.1, 0.15) is 11.3 Å². The van der Waals surface area contributed by atoms with Gasteiger partial charge < -0.3 is 15.5 Å². The molecule has 0 spiro atoms. The lowest BCUT2D eigenvalue weighted by molar-refractivity contribution is -0.119. The van der Waals surface area contributed by atoms with Crippen LogP contribution in [-0.2, 0) is 17.6 Å². The van der Waals surface area contributed by atoms with Gasteiger partial charge in [-0.15, -0.1) is 24.8 Å². The Morgan fingerprint density at radius 2 is 1.69 bits per heavy atom. The molecule has 0 aliphatic rings. The third-order valence-corrected chi connectivity index (χ3v) is 3.69. The molecule has 0 saturated heterocycles. The highest BCUT2D eigenvalue weighted by molar-refractivity contribution is 5.86. The van der Waals surface area contributed by atoms with Gasteiger partial charge in [0.2, 0.25) is 0 Å². The number of halogens is 2. The Kier molecular flexibility index (Phi) is 8.85. The van der Waals surface area contributed by atoms with Crippen molar-refractivity contribution in [1.82, 2.24) is 9.97 Å². The highest BCUT2D eigenvalue weighted by atomic mass is 35.5. The number of ether oxygens (including phenoxy) is 1. The number of aromatic amines is 1. The lowest BCUT2D eigenvalue weighted by atomic mass is 10.0. The van der Waals surface area contributed by atoms with Crippen LogP contribution < -0.4 is 10.5 Å². The Morgan fingerprint density at radius 1 is 1.04 bits per heavy atom. The fourth-order valence-electron chi connectivity index (χ4n) is 2.38. The zero-order valence-corrected chi connectivity index (χ0v) is 15.6. The summed E-state index contributed by atoms with van der Waals surface area (Å²) in [5.74, 6) is 1.52. The molecule has 0 radical (unpaired) electrons. The maximum atomic E-state index is 12.2. The average molecular weight is 394 g/mol. The molecule has 3 aromatic rings. The Labute approximate surface area is 164 Å². The van der Waals surface area contributed by atoms with Gasteiger partial charge in [-0.05, 0) is 29.8 Å². The molecule has 1 heterocycles. The minimum Gasteiger partial charge on any atom is -0.457 e. The number of ketones is 1. The van der Waals surface area contributed by atoms with E-state index in [1.54, 1.807) is 12.5 Å². The van der Waals surface area contributed by atoms with Crippen molar-refractivity contribution in [2.75, 3.05) is 0 Å². The van der Waals surface area contributed by atoms with Crippen molar-refractivity contribution in [3.8, 4) is 11.5 Å². The largest absolute Gasteiger partial charge is 0.457 e.